The van der Waals surface area contributed by atoms with Crippen LogP contribution in [0, 0.1) is 17.0 Å². The molecule has 3 rings (SSSR count). The van der Waals surface area contributed by atoms with E-state index < -0.39 is 22.4 Å². The first kappa shape index (κ1) is 19.4. The lowest BCUT2D eigenvalue weighted by Crippen LogP contribution is -2.31. The van der Waals surface area contributed by atoms with Crippen LogP contribution in [0.5, 0.6) is 0 Å². The van der Waals surface area contributed by atoms with Crippen LogP contribution in [0.1, 0.15) is 31.7 Å². The van der Waals surface area contributed by atoms with Gasteiger partial charge in [0.05, 0.1) is 11.4 Å². The van der Waals surface area contributed by atoms with Gasteiger partial charge in [-0.15, -0.1) is 11.8 Å². The van der Waals surface area contributed by atoms with Gasteiger partial charge < -0.3 is 5.32 Å². The fourth-order valence-electron chi connectivity index (χ4n) is 2.73. The highest BCUT2D eigenvalue weighted by Gasteiger charge is 2.37. The van der Waals surface area contributed by atoms with Crippen molar-refractivity contribution in [1.29, 1.82) is 0 Å². The molecule has 0 unspecified atom stereocenters. The Kier molecular flexibility index (Phi) is 5.24. The lowest BCUT2D eigenvalue weighted by Gasteiger charge is -2.27. The summed E-state index contributed by atoms with van der Waals surface area (Å²) in [7, 11) is 0. The van der Waals surface area contributed by atoms with Gasteiger partial charge >= 0.3 is 0 Å². The van der Waals surface area contributed by atoms with Gasteiger partial charge in [0.25, 0.3) is 0 Å². The molecule has 2 aromatic carbocycles. The maximum absolute atomic E-state index is 14.3. The summed E-state index contributed by atoms with van der Waals surface area (Å²) in [5.74, 6) is -1.77. The zero-order chi connectivity index (χ0) is 19.8. The topological polar surface area (TPSA) is 49.4 Å². The molecule has 27 heavy (non-hydrogen) atoms. The Morgan fingerprint density at radius 3 is 2.56 bits per heavy atom. The molecule has 1 saturated heterocycles. The van der Waals surface area contributed by atoms with E-state index in [1.807, 2.05) is 0 Å². The summed E-state index contributed by atoms with van der Waals surface area (Å²) in [5.41, 5.74) is 0.689. The summed E-state index contributed by atoms with van der Waals surface area (Å²) < 4.78 is 27.6. The van der Waals surface area contributed by atoms with E-state index in [4.69, 9.17) is 0 Å². The number of anilines is 2. The van der Waals surface area contributed by atoms with Gasteiger partial charge in [0.2, 0.25) is 11.8 Å². The van der Waals surface area contributed by atoms with Gasteiger partial charge in [-0.3, -0.25) is 14.5 Å². The van der Waals surface area contributed by atoms with E-state index >= 15 is 0 Å². The van der Waals surface area contributed by atoms with Crippen molar-refractivity contribution in [1.82, 2.24) is 0 Å². The minimum Gasteiger partial charge on any atom is -0.325 e. The summed E-state index contributed by atoms with van der Waals surface area (Å²) in [6.45, 7) is 5.41. The molecule has 2 amide bonds. The Hall–Kier alpha value is -2.41. The second kappa shape index (κ2) is 7.31. The molecule has 142 valence electrons. The number of carbonyl (C=O) groups excluding carboxylic acids is 2. The SMILES string of the molecule is CC(C)(C)C(=O)Nc1ccccc1[C@H]1SCC(=O)N1c1ccc(F)cc1F. The third kappa shape index (κ3) is 3.98. The third-order valence-corrected chi connectivity index (χ3v) is 5.39. The number of nitrogens with one attached hydrogen (secondary N) is 1. The van der Waals surface area contributed by atoms with E-state index in [0.717, 1.165) is 12.1 Å². The number of hydrogen-bond donors (Lipinski definition) is 1. The van der Waals surface area contributed by atoms with Crippen molar-refractivity contribution >= 4 is 35.0 Å². The lowest BCUT2D eigenvalue weighted by molar-refractivity contribution is -0.123. The van der Waals surface area contributed by atoms with E-state index in [0.29, 0.717) is 11.3 Å². The predicted octanol–water partition coefficient (Wildman–Crippen LogP) is 4.73. The van der Waals surface area contributed by atoms with E-state index in [-0.39, 0.29) is 23.3 Å². The standard InChI is InChI=1S/C20H20F2N2O2S/c1-20(2,3)19(26)23-15-7-5-4-6-13(15)18-24(17(25)11-27-18)16-9-8-12(21)10-14(16)22/h4-10,18H,11H2,1-3H3,(H,23,26)/t18-/m1/s1. The minimum absolute atomic E-state index is 0.0216. The summed E-state index contributed by atoms with van der Waals surface area (Å²) in [5, 5.41) is 2.37. The number of carbonyl (C=O) groups is 2. The van der Waals surface area contributed by atoms with Gasteiger partial charge in [-0.25, -0.2) is 8.78 Å². The van der Waals surface area contributed by atoms with E-state index in [2.05, 4.69) is 5.32 Å². The van der Waals surface area contributed by atoms with E-state index in [1.165, 1.54) is 22.7 Å². The molecule has 0 radical (unpaired) electrons. The van der Waals surface area contributed by atoms with Crippen molar-refractivity contribution in [3.8, 4) is 0 Å². The van der Waals surface area contributed by atoms with Crippen LogP contribution in [-0.4, -0.2) is 17.6 Å². The van der Waals surface area contributed by atoms with Crippen molar-refractivity contribution < 1.29 is 18.4 Å². The van der Waals surface area contributed by atoms with Gasteiger partial charge in [-0.05, 0) is 18.2 Å². The lowest BCUT2D eigenvalue weighted by atomic mass is 9.95. The quantitative estimate of drug-likeness (QED) is 0.824. The van der Waals surface area contributed by atoms with Crippen LogP contribution >= 0.6 is 11.8 Å². The van der Waals surface area contributed by atoms with Gasteiger partial charge in [-0.2, -0.15) is 0 Å². The molecule has 0 saturated carbocycles. The second-order valence-electron chi connectivity index (χ2n) is 7.31. The van der Waals surface area contributed by atoms with Crippen LogP contribution in [0.4, 0.5) is 20.2 Å². The van der Waals surface area contributed by atoms with Gasteiger partial charge in [-0.1, -0.05) is 39.0 Å². The van der Waals surface area contributed by atoms with Crippen molar-refractivity contribution in [3.05, 3.63) is 59.7 Å². The highest BCUT2D eigenvalue weighted by Crippen LogP contribution is 2.45. The van der Waals surface area contributed by atoms with Crippen molar-refractivity contribution in [2.45, 2.75) is 26.1 Å². The van der Waals surface area contributed by atoms with E-state index in [1.54, 1.807) is 45.0 Å². The molecular formula is C20H20F2N2O2S. The molecule has 2 aromatic rings. The summed E-state index contributed by atoms with van der Waals surface area (Å²) in [6.07, 6.45) is 0. The van der Waals surface area contributed by atoms with Crippen LogP contribution in [0.25, 0.3) is 0 Å². The highest BCUT2D eigenvalue weighted by molar-refractivity contribution is 8.00. The van der Waals surface area contributed by atoms with Crippen LogP contribution in [-0.2, 0) is 9.59 Å². The molecule has 1 atom stereocenters. The number of rotatable bonds is 3. The molecule has 0 spiro atoms. The smallest absolute Gasteiger partial charge is 0.238 e. The average Bonchev–Trinajstić information content (AvgIpc) is 2.96. The number of hydrogen-bond acceptors (Lipinski definition) is 3. The molecule has 1 aliphatic rings. The summed E-state index contributed by atoms with van der Waals surface area (Å²) >= 11 is 1.33. The van der Waals surface area contributed by atoms with Crippen molar-refractivity contribution in [3.63, 3.8) is 0 Å². The largest absolute Gasteiger partial charge is 0.325 e. The molecule has 4 nitrogen and oxygen atoms in total. The number of benzene rings is 2. The van der Waals surface area contributed by atoms with Crippen LogP contribution in [0.2, 0.25) is 0 Å². The van der Waals surface area contributed by atoms with Gasteiger partial charge in [0.1, 0.15) is 17.0 Å². The molecule has 1 N–H and O–H groups in total. The normalized spacial score (nSPS) is 17.3. The zero-order valence-corrected chi connectivity index (χ0v) is 16.1. The fraction of sp³-hybridized carbons (Fsp3) is 0.300. The maximum Gasteiger partial charge on any atom is 0.238 e. The number of para-hydroxylation sites is 1. The Labute approximate surface area is 160 Å². The number of nitrogens with zero attached hydrogens (tertiary/aromatic N) is 1. The van der Waals surface area contributed by atoms with Crippen molar-refractivity contribution in [2.75, 3.05) is 16.0 Å². The maximum atomic E-state index is 14.3. The van der Waals surface area contributed by atoms with Gasteiger partial charge in [0, 0.05) is 22.7 Å². The first-order chi connectivity index (χ1) is 12.7. The van der Waals surface area contributed by atoms with Crippen molar-refractivity contribution in [2.24, 2.45) is 5.41 Å². The molecule has 1 fully saturated rings. The number of amides is 2. The second-order valence-corrected chi connectivity index (χ2v) is 8.38. The van der Waals surface area contributed by atoms with Gasteiger partial charge in [0.15, 0.2) is 0 Å². The molecule has 1 aliphatic heterocycles. The zero-order valence-electron chi connectivity index (χ0n) is 15.3. The third-order valence-electron chi connectivity index (χ3n) is 4.19. The van der Waals surface area contributed by atoms with Crippen LogP contribution in [0.15, 0.2) is 42.5 Å². The summed E-state index contributed by atoms with van der Waals surface area (Å²) in [6, 6.07) is 10.3. The minimum atomic E-state index is -0.799. The predicted molar refractivity (Wildman–Crippen MR) is 104 cm³/mol. The van der Waals surface area contributed by atoms with Crippen LogP contribution < -0.4 is 10.2 Å². The van der Waals surface area contributed by atoms with Crippen LogP contribution in [0.3, 0.4) is 0 Å². The Morgan fingerprint density at radius 1 is 1.19 bits per heavy atom. The number of thioether (sulfide) groups is 1. The molecule has 7 heteroatoms. The molecule has 0 bridgehead atoms. The Balaban J connectivity index is 2.00. The Morgan fingerprint density at radius 2 is 1.89 bits per heavy atom. The monoisotopic (exact) mass is 390 g/mol. The molecule has 0 aromatic heterocycles. The molecule has 1 heterocycles. The van der Waals surface area contributed by atoms with E-state index in [9.17, 15) is 18.4 Å². The highest BCUT2D eigenvalue weighted by atomic mass is 32.2. The molecular weight excluding hydrogens is 370 g/mol. The first-order valence-corrected chi connectivity index (χ1v) is 9.52. The fourth-order valence-corrected chi connectivity index (χ4v) is 3.93. The number of halogens is 2. The Bertz CT molecular complexity index is 896. The first-order valence-electron chi connectivity index (χ1n) is 8.47. The molecule has 0 aliphatic carbocycles. The average molecular weight is 390 g/mol. The summed E-state index contributed by atoms with van der Waals surface area (Å²) in [4.78, 5) is 26.2.